The molecule has 3 nitrogen and oxygen atoms in total. The summed E-state index contributed by atoms with van der Waals surface area (Å²) in [7, 11) is 0. The van der Waals surface area contributed by atoms with Crippen LogP contribution in [0.1, 0.15) is 60.3 Å². The van der Waals surface area contributed by atoms with E-state index in [0.29, 0.717) is 30.4 Å². The Morgan fingerprint density at radius 3 is 1.82 bits per heavy atom. The highest BCUT2D eigenvalue weighted by Crippen LogP contribution is 2.44. The van der Waals surface area contributed by atoms with Gasteiger partial charge in [0.1, 0.15) is 0 Å². The van der Waals surface area contributed by atoms with Crippen molar-refractivity contribution in [1.29, 1.82) is 0 Å². The zero-order chi connectivity index (χ0) is 28.3. The van der Waals surface area contributed by atoms with E-state index in [-0.39, 0.29) is 13.0 Å². The van der Waals surface area contributed by atoms with E-state index in [9.17, 15) is 49.4 Å². The number of nitrogens with zero attached hydrogens (tertiary/aromatic N) is 1. The molecule has 0 aromatic heterocycles. The van der Waals surface area contributed by atoms with Crippen molar-refractivity contribution in [2.75, 3.05) is 6.54 Å². The van der Waals surface area contributed by atoms with Crippen LogP contribution >= 0.6 is 0 Å². The lowest BCUT2D eigenvalue weighted by atomic mass is 9.70. The zero-order valence-electron chi connectivity index (χ0n) is 20.0. The maximum absolute atomic E-state index is 13.2. The van der Waals surface area contributed by atoms with E-state index < -0.39 is 66.5 Å². The molecule has 1 fully saturated rings. The lowest BCUT2D eigenvalue weighted by Gasteiger charge is -2.44. The Morgan fingerprint density at radius 1 is 0.816 bits per heavy atom. The number of carbonyl (C=O) groups is 1. The van der Waals surface area contributed by atoms with Gasteiger partial charge in [-0.25, -0.2) is 0 Å². The molecule has 3 atom stereocenters. The third-order valence-electron chi connectivity index (χ3n) is 6.88. The topological polar surface area (TPSA) is 40.5 Å². The molecule has 0 saturated heterocycles. The number of alkyl halides is 9. The Labute approximate surface area is 213 Å². The van der Waals surface area contributed by atoms with Crippen LogP contribution in [0.25, 0.3) is 0 Å². The Morgan fingerprint density at radius 2 is 1.34 bits per heavy atom. The summed E-state index contributed by atoms with van der Waals surface area (Å²) >= 11 is 0. The van der Waals surface area contributed by atoms with E-state index >= 15 is 0 Å². The van der Waals surface area contributed by atoms with Crippen LogP contribution in [0.3, 0.4) is 0 Å². The molecule has 12 heteroatoms. The summed E-state index contributed by atoms with van der Waals surface area (Å²) in [6, 6.07) is 7.50. The second kappa shape index (κ2) is 11.5. The van der Waals surface area contributed by atoms with E-state index in [1.165, 1.54) is 29.2 Å². The molecule has 0 heterocycles. The molecule has 0 spiro atoms. The molecule has 0 amide bonds. The summed E-state index contributed by atoms with van der Waals surface area (Å²) in [6.45, 7) is -0.651. The number of carboxylic acids is 1. The molecule has 0 radical (unpaired) electrons. The van der Waals surface area contributed by atoms with Crippen molar-refractivity contribution >= 4 is 5.97 Å². The van der Waals surface area contributed by atoms with Crippen molar-refractivity contribution in [1.82, 2.24) is 4.90 Å². The molecule has 1 saturated carbocycles. The number of aliphatic carboxylic acids is 1. The lowest BCUT2D eigenvalue weighted by Crippen LogP contribution is -2.45. The van der Waals surface area contributed by atoms with Crippen LogP contribution in [-0.2, 0) is 23.7 Å². The fourth-order valence-corrected chi connectivity index (χ4v) is 5.18. The molecule has 3 rings (SSSR count). The summed E-state index contributed by atoms with van der Waals surface area (Å²) in [5.74, 6) is -2.38. The molecule has 0 aliphatic heterocycles. The van der Waals surface area contributed by atoms with Crippen molar-refractivity contribution < 1.29 is 49.4 Å². The first-order valence-corrected chi connectivity index (χ1v) is 11.9. The van der Waals surface area contributed by atoms with Crippen LogP contribution in [-0.4, -0.2) is 34.7 Å². The van der Waals surface area contributed by atoms with Gasteiger partial charge < -0.3 is 5.11 Å². The van der Waals surface area contributed by atoms with Crippen LogP contribution in [0.5, 0.6) is 0 Å². The third-order valence-corrected chi connectivity index (χ3v) is 6.88. The van der Waals surface area contributed by atoms with Gasteiger partial charge in [0, 0.05) is 31.5 Å². The van der Waals surface area contributed by atoms with Crippen LogP contribution in [0, 0.1) is 5.92 Å². The summed E-state index contributed by atoms with van der Waals surface area (Å²) in [4.78, 5) is 13.0. The number of hydrogen-bond acceptors (Lipinski definition) is 2. The Bertz CT molecular complexity index is 1060. The molecule has 1 N–H and O–H groups in total. The summed E-state index contributed by atoms with van der Waals surface area (Å²) < 4.78 is 118. The minimum Gasteiger partial charge on any atom is -0.481 e. The SMILES string of the molecule is O=C(O)C[C@H]1CCC[C@@H](N(CCC(F)(F)F)Cc2ccc(C(F)(F)F)cc2)[C@@H]1c1ccc(C(F)(F)F)cc1. The highest BCUT2D eigenvalue weighted by Gasteiger charge is 2.40. The normalized spacial score (nSPS) is 21.1. The highest BCUT2D eigenvalue weighted by molar-refractivity contribution is 5.67. The second-order valence-corrected chi connectivity index (χ2v) is 9.53. The predicted octanol–water partition coefficient (Wildman–Crippen LogP) is 7.91. The fourth-order valence-electron chi connectivity index (χ4n) is 5.18. The smallest absolute Gasteiger partial charge is 0.416 e. The van der Waals surface area contributed by atoms with Crippen LogP contribution in [0.15, 0.2) is 48.5 Å². The molecule has 210 valence electrons. The Hall–Kier alpha value is -2.76. The fraction of sp³-hybridized carbons (Fsp3) is 0.500. The molecule has 2 aromatic carbocycles. The number of halogens is 9. The maximum atomic E-state index is 13.2. The van der Waals surface area contributed by atoms with Crippen molar-refractivity contribution in [2.24, 2.45) is 5.92 Å². The van der Waals surface area contributed by atoms with Gasteiger partial charge in [-0.05, 0) is 54.2 Å². The van der Waals surface area contributed by atoms with Gasteiger partial charge in [0.2, 0.25) is 0 Å². The zero-order valence-corrected chi connectivity index (χ0v) is 20.0. The molecule has 0 unspecified atom stereocenters. The van der Waals surface area contributed by atoms with Gasteiger partial charge in [0.05, 0.1) is 17.5 Å². The van der Waals surface area contributed by atoms with E-state index in [4.69, 9.17) is 0 Å². The standard InChI is InChI=1S/C26H26F9NO2/c27-24(28,29)12-13-36(15-16-4-8-19(9-5-16)25(30,31)32)21-3-1-2-18(14-22(37)38)23(21)17-6-10-20(11-7-17)26(33,34)35/h4-11,18,21,23H,1-3,12-15H2,(H,37,38)/t18-,21-,23-/m1/s1. The minimum atomic E-state index is -4.60. The minimum absolute atomic E-state index is 0.143. The predicted molar refractivity (Wildman–Crippen MR) is 120 cm³/mol. The third kappa shape index (κ3) is 8.12. The van der Waals surface area contributed by atoms with Crippen LogP contribution < -0.4 is 0 Å². The number of carboxylic acid groups (broad SMARTS) is 1. The van der Waals surface area contributed by atoms with Gasteiger partial charge in [0.25, 0.3) is 0 Å². The highest BCUT2D eigenvalue weighted by atomic mass is 19.4. The summed E-state index contributed by atoms with van der Waals surface area (Å²) in [5, 5.41) is 9.44. The van der Waals surface area contributed by atoms with Crippen LogP contribution in [0.2, 0.25) is 0 Å². The summed E-state index contributed by atoms with van der Waals surface area (Å²) in [5.41, 5.74) is -1.13. The van der Waals surface area contributed by atoms with E-state index in [1.807, 2.05) is 0 Å². The van der Waals surface area contributed by atoms with Crippen molar-refractivity contribution in [3.05, 3.63) is 70.8 Å². The number of rotatable bonds is 8. The van der Waals surface area contributed by atoms with E-state index in [0.717, 1.165) is 24.3 Å². The maximum Gasteiger partial charge on any atom is 0.416 e. The van der Waals surface area contributed by atoms with E-state index in [2.05, 4.69) is 0 Å². The van der Waals surface area contributed by atoms with Crippen molar-refractivity contribution in [3.8, 4) is 0 Å². The van der Waals surface area contributed by atoms with Gasteiger partial charge in [-0.3, -0.25) is 9.69 Å². The van der Waals surface area contributed by atoms with Crippen LogP contribution in [0.4, 0.5) is 39.5 Å². The average Bonchev–Trinajstić information content (AvgIpc) is 2.80. The molecule has 1 aliphatic carbocycles. The van der Waals surface area contributed by atoms with Gasteiger partial charge >= 0.3 is 24.5 Å². The molecule has 2 aromatic rings. The molecule has 1 aliphatic rings. The van der Waals surface area contributed by atoms with Crippen molar-refractivity contribution in [2.45, 2.75) is 69.1 Å². The molecular formula is C26H26F9NO2. The van der Waals surface area contributed by atoms with Gasteiger partial charge in [0.15, 0.2) is 0 Å². The first-order chi connectivity index (χ1) is 17.5. The van der Waals surface area contributed by atoms with Gasteiger partial charge in [-0.2, -0.15) is 39.5 Å². The quantitative estimate of drug-likeness (QED) is 0.337. The first kappa shape index (κ1) is 29.8. The number of hydrogen-bond donors (Lipinski definition) is 1. The van der Waals surface area contributed by atoms with Crippen molar-refractivity contribution in [3.63, 3.8) is 0 Å². The molecular weight excluding hydrogens is 529 g/mol. The van der Waals surface area contributed by atoms with E-state index in [1.54, 1.807) is 0 Å². The average molecular weight is 555 g/mol. The monoisotopic (exact) mass is 555 g/mol. The molecule has 0 bridgehead atoms. The van der Waals surface area contributed by atoms with Gasteiger partial charge in [-0.15, -0.1) is 0 Å². The van der Waals surface area contributed by atoms with Gasteiger partial charge in [-0.1, -0.05) is 30.7 Å². The largest absolute Gasteiger partial charge is 0.481 e. The Balaban J connectivity index is 1.99. The Kier molecular flexibility index (Phi) is 9.05. The lowest BCUT2D eigenvalue weighted by molar-refractivity contribution is -0.141. The second-order valence-electron chi connectivity index (χ2n) is 9.53. The summed E-state index contributed by atoms with van der Waals surface area (Å²) in [6.07, 6.45) is -14.0. The number of benzene rings is 2. The first-order valence-electron chi connectivity index (χ1n) is 11.9. The molecule has 38 heavy (non-hydrogen) atoms.